The Morgan fingerprint density at radius 2 is 1.74 bits per heavy atom. The number of anilines is 2. The molecule has 1 atom stereocenters. The van der Waals surface area contributed by atoms with Gasteiger partial charge in [-0.15, -0.1) is 0 Å². The number of aromatic nitrogens is 1. The Labute approximate surface area is 188 Å². The van der Waals surface area contributed by atoms with Crippen molar-refractivity contribution >= 4 is 29.0 Å². The van der Waals surface area contributed by atoms with Crippen LogP contribution in [0.1, 0.15) is 17.2 Å². The zero-order chi connectivity index (χ0) is 21.9. The fourth-order valence-electron chi connectivity index (χ4n) is 3.12. The smallest absolute Gasteiger partial charge is 0.247 e. The molecule has 6 nitrogen and oxygen atoms in total. The molecule has 0 aliphatic carbocycles. The van der Waals surface area contributed by atoms with Gasteiger partial charge in [-0.05, 0) is 48.9 Å². The van der Waals surface area contributed by atoms with Crippen LogP contribution in [0.4, 0.5) is 11.5 Å². The highest BCUT2D eigenvalue weighted by molar-refractivity contribution is 6.30. The van der Waals surface area contributed by atoms with Gasteiger partial charge in [0.1, 0.15) is 11.9 Å². The van der Waals surface area contributed by atoms with Crippen molar-refractivity contribution in [2.24, 2.45) is 0 Å². The fourth-order valence-corrected chi connectivity index (χ4v) is 3.25. The second-order valence-electron chi connectivity index (χ2n) is 7.13. The van der Waals surface area contributed by atoms with Crippen molar-refractivity contribution < 1.29 is 4.79 Å². The molecule has 3 rings (SSSR count). The SMILES string of the molecule is CNCCNc1ccc(NC(=O)[C@@H](NCCc2ccc(Cl)cc2)c2ccccc2)nc1. The molecule has 1 amide bonds. The van der Waals surface area contributed by atoms with Crippen LogP contribution in [0.25, 0.3) is 0 Å². The highest BCUT2D eigenvalue weighted by Crippen LogP contribution is 2.17. The summed E-state index contributed by atoms with van der Waals surface area (Å²) in [6.45, 7) is 2.31. The molecule has 7 heteroatoms. The van der Waals surface area contributed by atoms with Crippen molar-refractivity contribution in [3.8, 4) is 0 Å². The van der Waals surface area contributed by atoms with Gasteiger partial charge in [0.05, 0.1) is 11.9 Å². The summed E-state index contributed by atoms with van der Waals surface area (Å²) in [5.74, 6) is 0.371. The van der Waals surface area contributed by atoms with Gasteiger partial charge in [0.25, 0.3) is 0 Å². The molecule has 1 aromatic heterocycles. The lowest BCUT2D eigenvalue weighted by molar-refractivity contribution is -0.118. The third-order valence-corrected chi connectivity index (χ3v) is 5.04. The van der Waals surface area contributed by atoms with Gasteiger partial charge in [0.2, 0.25) is 5.91 Å². The van der Waals surface area contributed by atoms with Gasteiger partial charge in [-0.3, -0.25) is 4.79 Å². The second-order valence-corrected chi connectivity index (χ2v) is 7.56. The van der Waals surface area contributed by atoms with Crippen molar-refractivity contribution in [3.63, 3.8) is 0 Å². The van der Waals surface area contributed by atoms with E-state index in [1.54, 1.807) is 12.3 Å². The molecular weight excluding hydrogens is 410 g/mol. The predicted octanol–water partition coefficient (Wildman–Crippen LogP) is 3.88. The Hall–Kier alpha value is -2.93. The molecule has 0 saturated carbocycles. The highest BCUT2D eigenvalue weighted by atomic mass is 35.5. The number of pyridine rings is 1. The van der Waals surface area contributed by atoms with Gasteiger partial charge in [-0.1, -0.05) is 54.1 Å². The van der Waals surface area contributed by atoms with E-state index in [1.807, 2.05) is 67.7 Å². The van der Waals surface area contributed by atoms with E-state index in [4.69, 9.17) is 11.6 Å². The molecule has 162 valence electrons. The lowest BCUT2D eigenvalue weighted by Crippen LogP contribution is -2.34. The van der Waals surface area contributed by atoms with Crippen LogP contribution in [0.2, 0.25) is 5.02 Å². The normalized spacial score (nSPS) is 11.7. The summed E-state index contributed by atoms with van der Waals surface area (Å²) in [5.41, 5.74) is 2.97. The molecule has 0 spiro atoms. The molecule has 3 aromatic rings. The zero-order valence-electron chi connectivity index (χ0n) is 17.6. The molecule has 0 bridgehead atoms. The van der Waals surface area contributed by atoms with Crippen molar-refractivity contribution in [2.75, 3.05) is 37.3 Å². The maximum atomic E-state index is 13.0. The first-order valence-electron chi connectivity index (χ1n) is 10.3. The Balaban J connectivity index is 1.61. The minimum Gasteiger partial charge on any atom is -0.383 e. The maximum Gasteiger partial charge on any atom is 0.247 e. The largest absolute Gasteiger partial charge is 0.383 e. The van der Waals surface area contributed by atoms with Gasteiger partial charge in [-0.25, -0.2) is 4.98 Å². The third kappa shape index (κ3) is 7.36. The van der Waals surface area contributed by atoms with Gasteiger partial charge in [0.15, 0.2) is 0 Å². The molecule has 0 aliphatic heterocycles. The van der Waals surface area contributed by atoms with E-state index in [0.717, 1.165) is 36.3 Å². The number of carbonyl (C=O) groups is 1. The number of amides is 1. The molecule has 4 N–H and O–H groups in total. The topological polar surface area (TPSA) is 78.1 Å². The van der Waals surface area contributed by atoms with Gasteiger partial charge < -0.3 is 21.3 Å². The second kappa shape index (κ2) is 12.1. The number of hydrogen-bond acceptors (Lipinski definition) is 5. The number of nitrogens with one attached hydrogen (secondary N) is 4. The molecule has 0 saturated heterocycles. The van der Waals surface area contributed by atoms with Crippen LogP contribution in [0.5, 0.6) is 0 Å². The predicted molar refractivity (Wildman–Crippen MR) is 128 cm³/mol. The Bertz CT molecular complexity index is 932. The highest BCUT2D eigenvalue weighted by Gasteiger charge is 2.20. The Morgan fingerprint density at radius 1 is 0.968 bits per heavy atom. The molecule has 2 aromatic carbocycles. The minimum atomic E-state index is -0.483. The third-order valence-electron chi connectivity index (χ3n) is 4.79. The summed E-state index contributed by atoms with van der Waals surface area (Å²) in [5, 5.41) is 13.4. The first-order valence-corrected chi connectivity index (χ1v) is 10.7. The van der Waals surface area contributed by atoms with E-state index in [-0.39, 0.29) is 5.91 Å². The summed E-state index contributed by atoms with van der Waals surface area (Å²) >= 11 is 5.95. The summed E-state index contributed by atoms with van der Waals surface area (Å²) in [7, 11) is 1.91. The average Bonchev–Trinajstić information content (AvgIpc) is 2.80. The fraction of sp³-hybridized carbons (Fsp3) is 0.250. The summed E-state index contributed by atoms with van der Waals surface area (Å²) in [6.07, 6.45) is 2.51. The van der Waals surface area contributed by atoms with Gasteiger partial charge >= 0.3 is 0 Å². The van der Waals surface area contributed by atoms with Crippen LogP contribution < -0.4 is 21.3 Å². The standard InChI is InChI=1S/C24H28ClN5O/c1-26-15-16-27-21-11-12-22(29-17-21)30-24(31)23(19-5-3-2-4-6-19)28-14-13-18-7-9-20(25)10-8-18/h2-12,17,23,26-28H,13-16H2,1H3,(H,29,30,31)/t23-/m0/s1. The lowest BCUT2D eigenvalue weighted by Gasteiger charge is -2.19. The van der Waals surface area contributed by atoms with Crippen LogP contribution in [-0.2, 0) is 11.2 Å². The van der Waals surface area contributed by atoms with E-state index in [2.05, 4.69) is 26.3 Å². The van der Waals surface area contributed by atoms with Crippen molar-refractivity contribution in [2.45, 2.75) is 12.5 Å². The van der Waals surface area contributed by atoms with Crippen molar-refractivity contribution in [1.29, 1.82) is 0 Å². The van der Waals surface area contributed by atoms with Gasteiger partial charge in [0, 0.05) is 24.7 Å². The number of benzene rings is 2. The maximum absolute atomic E-state index is 13.0. The molecular formula is C24H28ClN5O. The van der Waals surface area contributed by atoms with Crippen LogP contribution in [-0.4, -0.2) is 37.6 Å². The van der Waals surface area contributed by atoms with E-state index in [0.29, 0.717) is 17.4 Å². The quantitative estimate of drug-likeness (QED) is 0.342. The van der Waals surface area contributed by atoms with Crippen LogP contribution in [0, 0.1) is 0 Å². The molecule has 0 aliphatic rings. The number of carbonyl (C=O) groups excluding carboxylic acids is 1. The molecule has 0 fully saturated rings. The molecule has 1 heterocycles. The van der Waals surface area contributed by atoms with Crippen molar-refractivity contribution in [1.82, 2.24) is 15.6 Å². The van der Waals surface area contributed by atoms with Crippen molar-refractivity contribution in [3.05, 3.63) is 89.1 Å². The number of nitrogens with zero attached hydrogens (tertiary/aromatic N) is 1. The van der Waals surface area contributed by atoms with Crippen LogP contribution in [0.3, 0.4) is 0 Å². The molecule has 0 unspecified atom stereocenters. The average molecular weight is 438 g/mol. The zero-order valence-corrected chi connectivity index (χ0v) is 18.3. The number of rotatable bonds is 11. The van der Waals surface area contributed by atoms with E-state index in [1.165, 1.54) is 0 Å². The van der Waals surface area contributed by atoms with Crippen LogP contribution in [0.15, 0.2) is 72.9 Å². The van der Waals surface area contributed by atoms with Gasteiger partial charge in [-0.2, -0.15) is 0 Å². The Morgan fingerprint density at radius 3 is 2.42 bits per heavy atom. The first kappa shape index (κ1) is 22.7. The van der Waals surface area contributed by atoms with Crippen LogP contribution >= 0.6 is 11.6 Å². The Kier molecular flexibility index (Phi) is 8.84. The first-order chi connectivity index (χ1) is 15.2. The minimum absolute atomic E-state index is 0.148. The number of hydrogen-bond donors (Lipinski definition) is 4. The number of halogens is 1. The summed E-state index contributed by atoms with van der Waals surface area (Å²) in [4.78, 5) is 17.4. The lowest BCUT2D eigenvalue weighted by atomic mass is 10.1. The monoisotopic (exact) mass is 437 g/mol. The number of likely N-dealkylation sites (N-methyl/N-ethyl adjacent to an activating group) is 1. The van der Waals surface area contributed by atoms with E-state index >= 15 is 0 Å². The molecule has 31 heavy (non-hydrogen) atoms. The van der Waals surface area contributed by atoms with E-state index < -0.39 is 6.04 Å². The summed E-state index contributed by atoms with van der Waals surface area (Å²) < 4.78 is 0. The molecule has 0 radical (unpaired) electrons. The van der Waals surface area contributed by atoms with E-state index in [9.17, 15) is 4.79 Å². The summed E-state index contributed by atoms with van der Waals surface area (Å²) in [6, 6.07) is 20.7.